The number of likely N-dealkylation sites (tertiary alicyclic amines) is 1. The van der Waals surface area contributed by atoms with Crippen LogP contribution in [0, 0.1) is 0 Å². The van der Waals surface area contributed by atoms with Crippen molar-refractivity contribution in [3.05, 3.63) is 65.7 Å². The number of hydrogen-bond donors (Lipinski definition) is 13. The second-order valence-corrected chi connectivity index (χ2v) is 23.4. The first-order valence-corrected chi connectivity index (χ1v) is 30.0. The molecule has 2 aliphatic heterocycles. The molecule has 5 rings (SSSR count). The number of primary amides is 2. The van der Waals surface area contributed by atoms with Crippen LogP contribution in [0.3, 0.4) is 0 Å². The lowest BCUT2D eigenvalue weighted by Gasteiger charge is -2.37. The van der Waals surface area contributed by atoms with E-state index in [1.807, 2.05) is 0 Å². The summed E-state index contributed by atoms with van der Waals surface area (Å²) in [6.45, 7) is 0.0480. The van der Waals surface area contributed by atoms with Crippen LogP contribution < -0.4 is 75.9 Å². The van der Waals surface area contributed by atoms with Crippen LogP contribution in [0.5, 0.6) is 5.75 Å². The molecule has 83 heavy (non-hydrogen) atoms. The Bertz CT molecular complexity index is 2630. The lowest BCUT2D eigenvalue weighted by Crippen LogP contribution is -2.61. The van der Waals surface area contributed by atoms with Gasteiger partial charge in [0, 0.05) is 62.4 Å². The third kappa shape index (κ3) is 21.9. The minimum Gasteiger partial charge on any atom is -0.497 e. The molecule has 3 fully saturated rings. The van der Waals surface area contributed by atoms with Gasteiger partial charge >= 0.3 is 0 Å². The molecule has 1 saturated carbocycles. The fourth-order valence-electron chi connectivity index (χ4n) is 9.85. The van der Waals surface area contributed by atoms with Crippen molar-refractivity contribution < 1.29 is 57.5 Å². The number of benzene rings is 2. The van der Waals surface area contributed by atoms with Crippen molar-refractivity contribution in [1.29, 1.82) is 0 Å². The Morgan fingerprint density at radius 3 is 2.02 bits per heavy atom. The molecule has 29 heteroatoms. The Hall–Kier alpha value is -7.66. The van der Waals surface area contributed by atoms with Gasteiger partial charge in [0.25, 0.3) is 0 Å². The molecule has 0 radical (unpaired) electrons. The average molecular weight is 1190 g/mol. The predicted molar refractivity (Wildman–Crippen MR) is 311 cm³/mol. The maximum absolute atomic E-state index is 15.0. The van der Waals surface area contributed by atoms with Gasteiger partial charge in [0.15, 0.2) is 5.96 Å². The highest BCUT2D eigenvalue weighted by atomic mass is 33.1. The molecule has 0 bridgehead atoms. The monoisotopic (exact) mass is 1190 g/mol. The number of nitrogens with zero attached hydrogens (tertiary/aromatic N) is 2. The molecule has 18 N–H and O–H groups in total. The van der Waals surface area contributed by atoms with Crippen LogP contribution in [0.2, 0.25) is 0 Å². The molecule has 454 valence electrons. The van der Waals surface area contributed by atoms with E-state index in [1.165, 1.54) is 33.6 Å². The Morgan fingerprint density at radius 1 is 0.759 bits per heavy atom. The van der Waals surface area contributed by atoms with Gasteiger partial charge in [0.2, 0.25) is 65.0 Å². The van der Waals surface area contributed by atoms with Crippen LogP contribution in [0.1, 0.15) is 94.6 Å². The van der Waals surface area contributed by atoms with Gasteiger partial charge < -0.3 is 80.8 Å². The molecule has 27 nitrogen and oxygen atoms in total. The van der Waals surface area contributed by atoms with E-state index < -0.39 is 138 Å². The summed E-state index contributed by atoms with van der Waals surface area (Å²) in [4.78, 5) is 158. The number of amides is 11. The van der Waals surface area contributed by atoms with Gasteiger partial charge in [-0.05, 0) is 68.2 Å². The van der Waals surface area contributed by atoms with Crippen molar-refractivity contribution in [2.24, 2.45) is 33.7 Å². The second kappa shape index (κ2) is 33.4. The maximum atomic E-state index is 15.0. The zero-order valence-electron chi connectivity index (χ0n) is 46.6. The summed E-state index contributed by atoms with van der Waals surface area (Å²) in [5.74, 6) is -8.57. The van der Waals surface area contributed by atoms with E-state index in [-0.39, 0.29) is 76.4 Å². The van der Waals surface area contributed by atoms with Crippen LogP contribution in [-0.4, -0.2) is 168 Å². The van der Waals surface area contributed by atoms with Crippen LogP contribution >= 0.6 is 21.6 Å². The van der Waals surface area contributed by atoms with Crippen molar-refractivity contribution in [2.75, 3.05) is 45.6 Å². The van der Waals surface area contributed by atoms with E-state index in [4.69, 9.17) is 33.4 Å². The Morgan fingerprint density at radius 2 is 1.39 bits per heavy atom. The van der Waals surface area contributed by atoms with Crippen LogP contribution in [0.15, 0.2) is 59.6 Å². The van der Waals surface area contributed by atoms with Crippen molar-refractivity contribution in [2.45, 2.75) is 143 Å². The molecule has 11 amide bonds. The molecular formula is C54H79N15O12S2. The van der Waals surface area contributed by atoms with Crippen molar-refractivity contribution in [3.63, 3.8) is 0 Å². The Labute approximate surface area is 489 Å². The molecule has 7 atom stereocenters. The summed E-state index contributed by atoms with van der Waals surface area (Å²) in [7, 11) is 4.03. The SMILES string of the molecule is COc1ccc(CC2NC(=O)CC3(CCCCC3)SSCC(C(=O)N3CCC[C@H]3C(=O)N[C@@H](CCCN=C(N)N)C(=O)NCC(=O)NCCN)NC(=O)[C@H](CC(N)=O)NC(=O)[C@H](CCC(N)=O)NC(=O)C(Cc3ccccc3)NC2=O)cc1. The van der Waals surface area contributed by atoms with Crippen LogP contribution in [0.25, 0.3) is 0 Å². The highest BCUT2D eigenvalue weighted by molar-refractivity contribution is 8.77. The molecule has 2 heterocycles. The van der Waals surface area contributed by atoms with Crippen molar-refractivity contribution in [1.82, 2.24) is 47.4 Å². The molecular weight excluding hydrogens is 1110 g/mol. The number of ether oxygens (including phenoxy) is 1. The van der Waals surface area contributed by atoms with E-state index >= 15 is 4.79 Å². The highest BCUT2D eigenvalue weighted by Crippen LogP contribution is 2.48. The van der Waals surface area contributed by atoms with Crippen LogP contribution in [0.4, 0.5) is 0 Å². The van der Waals surface area contributed by atoms with E-state index in [1.54, 1.807) is 54.6 Å². The number of nitrogens with one attached hydrogen (secondary N) is 8. The number of aliphatic imine (C=N–C) groups is 1. The molecule has 2 saturated heterocycles. The molecule has 1 aliphatic carbocycles. The van der Waals surface area contributed by atoms with E-state index in [0.29, 0.717) is 36.1 Å². The normalized spacial score (nSPS) is 22.2. The van der Waals surface area contributed by atoms with E-state index in [9.17, 15) is 47.9 Å². The van der Waals surface area contributed by atoms with Gasteiger partial charge in [0.05, 0.1) is 20.1 Å². The maximum Gasteiger partial charge on any atom is 0.246 e. The lowest BCUT2D eigenvalue weighted by molar-refractivity contribution is -0.142. The first kappa shape index (κ1) is 66.1. The van der Waals surface area contributed by atoms with Gasteiger partial charge in [-0.25, -0.2) is 0 Å². The fourth-order valence-corrected chi connectivity index (χ4v) is 13.2. The third-order valence-corrected chi connectivity index (χ3v) is 17.5. The summed E-state index contributed by atoms with van der Waals surface area (Å²) >= 11 is 0. The van der Waals surface area contributed by atoms with Gasteiger partial charge in [-0.15, -0.1) is 0 Å². The molecule has 2 aromatic rings. The topological polar surface area (TPSA) is 439 Å². The summed E-state index contributed by atoms with van der Waals surface area (Å²) < 4.78 is 4.59. The molecule has 2 aromatic carbocycles. The molecule has 1 spiro atoms. The number of rotatable bonds is 22. The number of methoxy groups -OCH3 is 1. The fraction of sp³-hybridized carbons (Fsp3) is 0.556. The quantitative estimate of drug-likeness (QED) is 0.0246. The summed E-state index contributed by atoms with van der Waals surface area (Å²) in [6, 6.07) is 5.70. The first-order chi connectivity index (χ1) is 39.7. The van der Waals surface area contributed by atoms with E-state index in [0.717, 1.165) is 19.3 Å². The second-order valence-electron chi connectivity index (χ2n) is 20.6. The number of hydrogen-bond acceptors (Lipinski definition) is 16. The van der Waals surface area contributed by atoms with Gasteiger partial charge in [-0.3, -0.25) is 57.7 Å². The first-order valence-electron chi connectivity index (χ1n) is 27.6. The van der Waals surface area contributed by atoms with Crippen LogP contribution in [-0.2, 0) is 65.6 Å². The number of guanidine groups is 1. The van der Waals surface area contributed by atoms with Crippen molar-refractivity contribution >= 4 is 92.5 Å². The Kier molecular flexibility index (Phi) is 26.7. The predicted octanol–water partition coefficient (Wildman–Crippen LogP) is -2.75. The van der Waals surface area contributed by atoms with E-state index in [2.05, 4.69) is 47.5 Å². The average Bonchev–Trinajstić information content (AvgIpc) is 4.24. The number of carbonyl (C=O) groups is 11. The van der Waals surface area contributed by atoms with Gasteiger partial charge in [-0.1, -0.05) is 83.3 Å². The minimum atomic E-state index is -1.77. The summed E-state index contributed by atoms with van der Waals surface area (Å²) in [6.07, 6.45) is 2.41. The summed E-state index contributed by atoms with van der Waals surface area (Å²) in [5, 5.41) is 21.3. The third-order valence-electron chi connectivity index (χ3n) is 14.2. The number of carbonyl (C=O) groups excluding carboxylic acids is 11. The van der Waals surface area contributed by atoms with Gasteiger partial charge in [-0.2, -0.15) is 0 Å². The lowest BCUT2D eigenvalue weighted by atomic mass is 9.85. The molecule has 3 aliphatic rings. The standard InChI is InChI=1S/C54H79N15O12S2/c1-81-34-16-14-33(15-17-34)27-37-48(76)66-38(26-32-10-4-2-5-11-32)49(77)64-36(18-19-42(56)70)47(75)67-39(28-43(57)71)50(78)68-40(31-82-83-54(29-44(72)63-37)20-6-3-7-21-54)52(80)69-25-9-13-41(69)51(79)65-35(12-8-23-61-53(58)59)46(74)62-30-45(73)60-24-22-55/h2,4-5,10-11,14-17,35-41H,3,6-9,12-13,18-31,55H2,1H3,(H2,56,70)(H2,57,71)(H,60,73)(H,62,74)(H,63,72)(H,64,77)(H,65,79)(H,66,76)(H,67,75)(H,68,78)(H4,58,59,61)/t35-,36-,37?,38?,39-,40?,41-/m0/s1. The Balaban J connectivity index is 1.52. The number of nitrogens with two attached hydrogens (primary N) is 5. The highest BCUT2D eigenvalue weighted by Gasteiger charge is 2.42. The van der Waals surface area contributed by atoms with Gasteiger partial charge in [0.1, 0.15) is 48.0 Å². The largest absolute Gasteiger partial charge is 0.497 e. The minimum absolute atomic E-state index is 0.0122. The molecule has 0 aromatic heterocycles. The zero-order valence-corrected chi connectivity index (χ0v) is 48.2. The smallest absolute Gasteiger partial charge is 0.246 e. The van der Waals surface area contributed by atoms with Crippen molar-refractivity contribution in [3.8, 4) is 5.75 Å². The zero-order chi connectivity index (χ0) is 60.5. The molecule has 3 unspecified atom stereocenters. The summed E-state index contributed by atoms with van der Waals surface area (Å²) in [5.41, 5.74) is 28.9.